The maximum absolute atomic E-state index is 13.9. The Kier molecular flexibility index (Phi) is 35.7. The summed E-state index contributed by atoms with van der Waals surface area (Å²) in [5, 5.41) is 45.9. The highest BCUT2D eigenvalue weighted by molar-refractivity contribution is 5.86. The average Bonchev–Trinajstić information content (AvgIpc) is 3.23. The van der Waals surface area contributed by atoms with E-state index in [0.717, 1.165) is 38.5 Å². The monoisotopic (exact) mass is 854 g/mol. The number of nitrogens with zero attached hydrogens (tertiary/aromatic N) is 1. The Hall–Kier alpha value is -2.28. The van der Waals surface area contributed by atoms with E-state index < -0.39 is 61.5 Å². The molecule has 0 aromatic heterocycles. The Morgan fingerprint density at radius 2 is 0.917 bits per heavy atom. The minimum Gasteiger partial charge on any atom is -0.481 e. The molecule has 6 N–H and O–H groups in total. The van der Waals surface area contributed by atoms with Crippen LogP contribution in [0.3, 0.4) is 0 Å². The molecule has 1 aliphatic heterocycles. The molecule has 0 spiro atoms. The van der Waals surface area contributed by atoms with E-state index in [2.05, 4.69) is 24.5 Å². The van der Waals surface area contributed by atoms with Crippen molar-refractivity contribution in [2.24, 2.45) is 0 Å². The van der Waals surface area contributed by atoms with Crippen LogP contribution in [0.5, 0.6) is 0 Å². The molecule has 60 heavy (non-hydrogen) atoms. The fourth-order valence-corrected chi connectivity index (χ4v) is 8.26. The van der Waals surface area contributed by atoms with Crippen LogP contribution in [-0.2, 0) is 23.9 Å². The van der Waals surface area contributed by atoms with Crippen molar-refractivity contribution in [2.45, 2.75) is 263 Å². The first kappa shape index (κ1) is 55.7. The molecule has 1 saturated heterocycles. The fraction of sp³-hybridized carbons (Fsp3) is 0.917. The van der Waals surface area contributed by atoms with Crippen LogP contribution in [0, 0.1) is 0 Å². The van der Waals surface area contributed by atoms with E-state index in [-0.39, 0.29) is 25.2 Å². The third-order valence-electron chi connectivity index (χ3n) is 12.1. The highest BCUT2D eigenvalue weighted by Gasteiger charge is 2.48. The first-order valence-corrected chi connectivity index (χ1v) is 24.9. The number of hydrogen-bond donors (Lipinski definition) is 6. The highest BCUT2D eigenvalue weighted by Crippen LogP contribution is 2.26. The fourth-order valence-electron chi connectivity index (χ4n) is 8.26. The Morgan fingerprint density at radius 3 is 1.32 bits per heavy atom. The molecule has 12 nitrogen and oxygen atoms in total. The number of carboxylic acids is 1. The molecule has 1 fully saturated rings. The number of amides is 3. The van der Waals surface area contributed by atoms with Crippen LogP contribution in [0.25, 0.3) is 0 Å². The van der Waals surface area contributed by atoms with E-state index in [1.54, 1.807) is 4.90 Å². The molecule has 352 valence electrons. The summed E-state index contributed by atoms with van der Waals surface area (Å²) < 4.78 is 6.09. The van der Waals surface area contributed by atoms with Crippen LogP contribution in [0.4, 0.5) is 0 Å². The molecule has 5 atom stereocenters. The number of unbranched alkanes of at least 4 members (excludes halogenated alkanes) is 29. The van der Waals surface area contributed by atoms with Gasteiger partial charge in [0.05, 0.1) is 19.6 Å². The quantitative estimate of drug-likeness (QED) is 0.0326. The van der Waals surface area contributed by atoms with Crippen molar-refractivity contribution >= 4 is 23.7 Å². The van der Waals surface area contributed by atoms with Crippen LogP contribution >= 0.6 is 0 Å². The number of carbonyl (C=O) groups excluding carboxylic acids is 3. The molecule has 0 aromatic carbocycles. The lowest BCUT2D eigenvalue weighted by Gasteiger charge is -2.47. The second-order valence-corrected chi connectivity index (χ2v) is 17.6. The van der Waals surface area contributed by atoms with Crippen molar-refractivity contribution in [3.05, 3.63) is 0 Å². The zero-order valence-electron chi connectivity index (χ0n) is 38.3. The number of ether oxygens (including phenoxy) is 1. The van der Waals surface area contributed by atoms with Gasteiger partial charge in [-0.15, -0.1) is 0 Å². The van der Waals surface area contributed by atoms with Gasteiger partial charge in [-0.3, -0.25) is 19.2 Å². The Bertz CT molecular complexity index is 1080. The number of rotatable bonds is 41. The van der Waals surface area contributed by atoms with Crippen molar-refractivity contribution in [1.29, 1.82) is 0 Å². The van der Waals surface area contributed by atoms with E-state index in [1.165, 1.54) is 148 Å². The number of hydrogen-bond acceptors (Lipinski definition) is 8. The van der Waals surface area contributed by atoms with Crippen LogP contribution in [-0.4, -0.2) is 99.3 Å². The van der Waals surface area contributed by atoms with E-state index in [0.29, 0.717) is 19.4 Å². The lowest BCUT2D eigenvalue weighted by molar-refractivity contribution is -0.231. The molecule has 12 heteroatoms. The summed E-state index contributed by atoms with van der Waals surface area (Å²) in [7, 11) is 0. The standard InChI is InChI=1S/C48H91N3O9/c1-3-5-7-9-11-13-15-17-19-21-23-25-27-29-31-33-37-51(43(55)34-32-30-28-26-24-22-20-18-16-14-12-10-8-6-4-2)48-45(47(59)46(58)40(39-52)60-48)50-42(54)38-49-41(53)35-36-44(56)57/h40,45-48,52,58-59H,3-39H2,1-2H3,(H,49,53)(H,50,54)(H,56,57)/t40-,45-,46+,47-,48-/m1/s1. The maximum atomic E-state index is 13.9. The smallest absolute Gasteiger partial charge is 0.303 e. The Labute approximate surface area is 365 Å². The van der Waals surface area contributed by atoms with Gasteiger partial charge in [0.15, 0.2) is 6.23 Å². The SMILES string of the molecule is CCCCCCCCCCCCCCCCCCN(C(=O)CCCCCCCCCCCCCCCCC)[C@@H]1O[C@H](CO)[C@H](O)[C@H](O)[C@H]1NC(=O)CNC(=O)CCC(=O)O. The lowest BCUT2D eigenvalue weighted by atomic mass is 9.94. The molecular weight excluding hydrogens is 763 g/mol. The third kappa shape index (κ3) is 28.3. The average molecular weight is 854 g/mol. The summed E-state index contributed by atoms with van der Waals surface area (Å²) in [4.78, 5) is 51.4. The number of aliphatic hydroxyl groups is 3. The molecule has 1 rings (SSSR count). The summed E-state index contributed by atoms with van der Waals surface area (Å²) >= 11 is 0. The Balaban J connectivity index is 2.69. The van der Waals surface area contributed by atoms with Crippen molar-refractivity contribution in [2.75, 3.05) is 19.7 Å². The van der Waals surface area contributed by atoms with Gasteiger partial charge < -0.3 is 40.7 Å². The van der Waals surface area contributed by atoms with Gasteiger partial charge in [0, 0.05) is 19.4 Å². The Morgan fingerprint density at radius 1 is 0.517 bits per heavy atom. The second-order valence-electron chi connectivity index (χ2n) is 17.6. The predicted octanol–water partition coefficient (Wildman–Crippen LogP) is 9.24. The molecule has 1 aliphatic rings. The number of aliphatic hydroxyl groups excluding tert-OH is 3. The van der Waals surface area contributed by atoms with Gasteiger partial charge in [-0.2, -0.15) is 0 Å². The molecule has 0 saturated carbocycles. The van der Waals surface area contributed by atoms with Gasteiger partial charge in [-0.05, 0) is 12.8 Å². The summed E-state index contributed by atoms with van der Waals surface area (Å²) in [6.45, 7) is 3.77. The molecule has 0 aliphatic carbocycles. The van der Waals surface area contributed by atoms with E-state index in [1.807, 2.05) is 0 Å². The number of carbonyl (C=O) groups is 4. The minimum absolute atomic E-state index is 0.169. The summed E-state index contributed by atoms with van der Waals surface area (Å²) in [5.74, 6) is -2.61. The molecule has 0 aromatic rings. The molecular formula is C48H91N3O9. The van der Waals surface area contributed by atoms with Crippen LogP contribution in [0.15, 0.2) is 0 Å². The van der Waals surface area contributed by atoms with Gasteiger partial charge in [0.2, 0.25) is 17.7 Å². The molecule has 0 radical (unpaired) electrons. The topological polar surface area (TPSA) is 186 Å². The van der Waals surface area contributed by atoms with Crippen molar-refractivity contribution < 1.29 is 44.3 Å². The zero-order valence-corrected chi connectivity index (χ0v) is 38.3. The maximum Gasteiger partial charge on any atom is 0.303 e. The van der Waals surface area contributed by atoms with Crippen molar-refractivity contribution in [3.8, 4) is 0 Å². The van der Waals surface area contributed by atoms with Gasteiger partial charge in [0.1, 0.15) is 24.4 Å². The number of carboxylic acid groups (broad SMARTS) is 1. The van der Waals surface area contributed by atoms with E-state index >= 15 is 0 Å². The zero-order chi connectivity index (χ0) is 44.1. The van der Waals surface area contributed by atoms with Crippen LogP contribution < -0.4 is 10.6 Å². The van der Waals surface area contributed by atoms with Gasteiger partial charge in [0.25, 0.3) is 0 Å². The van der Waals surface area contributed by atoms with E-state index in [9.17, 15) is 34.5 Å². The van der Waals surface area contributed by atoms with Crippen molar-refractivity contribution in [3.63, 3.8) is 0 Å². The summed E-state index contributed by atoms with van der Waals surface area (Å²) in [6, 6.07) is -1.22. The molecule has 3 amide bonds. The van der Waals surface area contributed by atoms with E-state index in [4.69, 9.17) is 9.84 Å². The largest absolute Gasteiger partial charge is 0.481 e. The molecule has 1 heterocycles. The normalized spacial score (nSPS) is 19.0. The van der Waals surface area contributed by atoms with Gasteiger partial charge in [-0.1, -0.05) is 200 Å². The molecule has 0 unspecified atom stereocenters. The first-order valence-electron chi connectivity index (χ1n) is 24.9. The van der Waals surface area contributed by atoms with Gasteiger partial charge in [-0.25, -0.2) is 0 Å². The minimum atomic E-state index is -1.56. The van der Waals surface area contributed by atoms with Gasteiger partial charge >= 0.3 is 5.97 Å². The second kappa shape index (κ2) is 38.4. The number of aliphatic carboxylic acids is 1. The molecule has 0 bridgehead atoms. The lowest BCUT2D eigenvalue weighted by Crippen LogP contribution is -2.69. The first-order chi connectivity index (χ1) is 29.2. The number of nitrogens with one attached hydrogen (secondary N) is 2. The van der Waals surface area contributed by atoms with Crippen LogP contribution in [0.1, 0.15) is 232 Å². The van der Waals surface area contributed by atoms with Crippen molar-refractivity contribution in [1.82, 2.24) is 15.5 Å². The van der Waals surface area contributed by atoms with Crippen LogP contribution in [0.2, 0.25) is 0 Å². The predicted molar refractivity (Wildman–Crippen MR) is 240 cm³/mol. The summed E-state index contributed by atoms with van der Waals surface area (Å²) in [6.07, 6.45) is 32.1. The summed E-state index contributed by atoms with van der Waals surface area (Å²) in [5.41, 5.74) is 0. The third-order valence-corrected chi connectivity index (χ3v) is 12.1. The highest BCUT2D eigenvalue weighted by atomic mass is 16.5.